The van der Waals surface area contributed by atoms with Crippen LogP contribution in [0.3, 0.4) is 0 Å². The molecule has 0 amide bonds. The van der Waals surface area contributed by atoms with Crippen molar-refractivity contribution in [3.63, 3.8) is 0 Å². The summed E-state index contributed by atoms with van der Waals surface area (Å²) in [6, 6.07) is 1.78. The van der Waals surface area contributed by atoms with Crippen molar-refractivity contribution in [2.75, 3.05) is 0 Å². The Hall–Kier alpha value is -1.42. The van der Waals surface area contributed by atoms with Crippen molar-refractivity contribution in [2.45, 2.75) is 31.7 Å². The Bertz CT molecular complexity index is 431. The van der Waals surface area contributed by atoms with E-state index in [1.807, 2.05) is 0 Å². The van der Waals surface area contributed by atoms with Gasteiger partial charge < -0.3 is 10.8 Å². The van der Waals surface area contributed by atoms with E-state index in [-0.39, 0.29) is 5.56 Å². The summed E-state index contributed by atoms with van der Waals surface area (Å²) in [6.45, 7) is 0. The first-order chi connectivity index (χ1) is 7.59. The zero-order chi connectivity index (χ0) is 11.7. The highest BCUT2D eigenvalue weighted by Gasteiger charge is 2.21. The quantitative estimate of drug-likeness (QED) is 0.803. The number of nitrogens with two attached hydrogens (primary N) is 1. The van der Waals surface area contributed by atoms with E-state index in [4.69, 9.17) is 10.8 Å². The molecule has 0 saturated heterocycles. The van der Waals surface area contributed by atoms with Gasteiger partial charge in [-0.05, 0) is 42.9 Å². The average molecular weight is 223 g/mol. The van der Waals surface area contributed by atoms with Gasteiger partial charge in [-0.1, -0.05) is 6.07 Å². The fourth-order valence-electron chi connectivity index (χ4n) is 2.15. The predicted octanol–water partition coefficient (Wildman–Crippen LogP) is 1.79. The number of hydrogen-bond donors (Lipinski definition) is 2. The summed E-state index contributed by atoms with van der Waals surface area (Å²) in [5.41, 5.74) is 7.55. The zero-order valence-corrected chi connectivity index (χ0v) is 8.87. The number of rotatable bonds is 2. The van der Waals surface area contributed by atoms with Crippen molar-refractivity contribution in [3.05, 3.63) is 34.6 Å². The molecular weight excluding hydrogens is 209 g/mol. The monoisotopic (exact) mass is 223 g/mol. The Morgan fingerprint density at radius 2 is 1.88 bits per heavy atom. The number of benzene rings is 1. The lowest BCUT2D eigenvalue weighted by atomic mass is 9.89. The van der Waals surface area contributed by atoms with Crippen LogP contribution in [-0.4, -0.2) is 11.1 Å². The Morgan fingerprint density at radius 1 is 1.31 bits per heavy atom. The minimum Gasteiger partial charge on any atom is -0.480 e. The number of carbonyl (C=O) groups is 1. The second-order valence-electron chi connectivity index (χ2n) is 4.17. The molecule has 0 bridgehead atoms. The average Bonchev–Trinajstić information content (AvgIpc) is 2.27. The van der Waals surface area contributed by atoms with Crippen LogP contribution in [0.4, 0.5) is 4.39 Å². The highest BCUT2D eigenvalue weighted by molar-refractivity contribution is 5.75. The highest BCUT2D eigenvalue weighted by atomic mass is 19.1. The van der Waals surface area contributed by atoms with Crippen LogP contribution >= 0.6 is 0 Å². The number of hydrogen-bond acceptors (Lipinski definition) is 2. The summed E-state index contributed by atoms with van der Waals surface area (Å²) in [5.74, 6) is -1.70. The number of aryl methyl sites for hydroxylation is 2. The maximum Gasteiger partial charge on any atom is 0.325 e. The molecule has 86 valence electrons. The lowest BCUT2D eigenvalue weighted by Gasteiger charge is -2.18. The van der Waals surface area contributed by atoms with E-state index in [1.54, 1.807) is 6.07 Å². The first-order valence-electron chi connectivity index (χ1n) is 5.39. The maximum absolute atomic E-state index is 13.6. The molecule has 3 nitrogen and oxygen atoms in total. The molecule has 0 spiro atoms. The molecular formula is C12H14FNO2. The number of aliphatic carboxylic acids is 1. The molecule has 16 heavy (non-hydrogen) atoms. The van der Waals surface area contributed by atoms with Gasteiger partial charge in [0, 0.05) is 5.56 Å². The maximum atomic E-state index is 13.6. The van der Waals surface area contributed by atoms with Crippen LogP contribution in [0.15, 0.2) is 12.1 Å². The van der Waals surface area contributed by atoms with Crippen LogP contribution in [0, 0.1) is 5.82 Å². The summed E-state index contributed by atoms with van der Waals surface area (Å²) in [7, 11) is 0. The van der Waals surface area contributed by atoms with E-state index in [1.165, 1.54) is 6.07 Å². The molecule has 0 heterocycles. The van der Waals surface area contributed by atoms with Gasteiger partial charge in [0.05, 0.1) is 0 Å². The normalized spacial score (nSPS) is 16.6. The number of fused-ring (bicyclic) bond motifs is 1. The molecule has 0 aliphatic heterocycles. The fraction of sp³-hybridized carbons (Fsp3) is 0.417. The molecule has 0 radical (unpaired) electrons. The Labute approximate surface area is 93.1 Å². The molecule has 1 unspecified atom stereocenters. The third kappa shape index (κ3) is 1.93. The molecule has 0 aromatic heterocycles. The summed E-state index contributed by atoms with van der Waals surface area (Å²) in [6.07, 6.45) is 3.89. The zero-order valence-electron chi connectivity index (χ0n) is 8.87. The molecule has 3 N–H and O–H groups in total. The smallest absolute Gasteiger partial charge is 0.325 e. The van der Waals surface area contributed by atoms with Gasteiger partial charge in [-0.2, -0.15) is 0 Å². The lowest BCUT2D eigenvalue weighted by molar-refractivity contribution is -0.138. The van der Waals surface area contributed by atoms with Crippen molar-refractivity contribution >= 4 is 5.97 Å². The van der Waals surface area contributed by atoms with Crippen LogP contribution < -0.4 is 5.73 Å². The molecule has 4 heteroatoms. The number of carboxylic acids is 1. The number of halogens is 1. The third-order valence-corrected chi connectivity index (χ3v) is 3.06. The van der Waals surface area contributed by atoms with Crippen LogP contribution in [0.5, 0.6) is 0 Å². The van der Waals surface area contributed by atoms with E-state index in [2.05, 4.69) is 0 Å². The largest absolute Gasteiger partial charge is 0.480 e. The Kier molecular flexibility index (Phi) is 2.92. The van der Waals surface area contributed by atoms with Crippen molar-refractivity contribution < 1.29 is 14.3 Å². The minimum absolute atomic E-state index is 0.0909. The van der Waals surface area contributed by atoms with E-state index < -0.39 is 17.8 Å². The third-order valence-electron chi connectivity index (χ3n) is 3.06. The van der Waals surface area contributed by atoms with Crippen molar-refractivity contribution in [1.82, 2.24) is 0 Å². The van der Waals surface area contributed by atoms with E-state index in [9.17, 15) is 9.18 Å². The topological polar surface area (TPSA) is 63.3 Å². The molecule has 0 fully saturated rings. The van der Waals surface area contributed by atoms with Gasteiger partial charge in [0.25, 0.3) is 0 Å². The van der Waals surface area contributed by atoms with Gasteiger partial charge in [-0.15, -0.1) is 0 Å². The fourth-order valence-corrected chi connectivity index (χ4v) is 2.15. The van der Waals surface area contributed by atoms with Gasteiger partial charge in [-0.25, -0.2) is 4.39 Å². The first kappa shape index (κ1) is 11.1. The Morgan fingerprint density at radius 3 is 2.44 bits per heavy atom. The predicted molar refractivity (Wildman–Crippen MR) is 57.6 cm³/mol. The lowest BCUT2D eigenvalue weighted by Crippen LogP contribution is -2.22. The summed E-state index contributed by atoms with van der Waals surface area (Å²) >= 11 is 0. The Balaban J connectivity index is 2.43. The van der Waals surface area contributed by atoms with Crippen molar-refractivity contribution in [3.8, 4) is 0 Å². The molecule has 0 saturated carbocycles. The van der Waals surface area contributed by atoms with Crippen LogP contribution in [0.1, 0.15) is 35.6 Å². The highest BCUT2D eigenvalue weighted by Crippen LogP contribution is 2.26. The van der Waals surface area contributed by atoms with Crippen LogP contribution in [0.25, 0.3) is 0 Å². The molecule has 1 aliphatic carbocycles. The molecule has 2 rings (SSSR count). The van der Waals surface area contributed by atoms with E-state index in [0.717, 1.165) is 36.8 Å². The second-order valence-corrected chi connectivity index (χ2v) is 4.17. The summed E-state index contributed by atoms with van der Waals surface area (Å²) in [4.78, 5) is 10.7. The molecule has 1 aromatic rings. The van der Waals surface area contributed by atoms with Gasteiger partial charge in [-0.3, -0.25) is 4.79 Å². The second kappa shape index (κ2) is 4.22. The molecule has 1 aliphatic rings. The van der Waals surface area contributed by atoms with Crippen molar-refractivity contribution in [1.29, 1.82) is 0 Å². The van der Waals surface area contributed by atoms with E-state index in [0.29, 0.717) is 0 Å². The first-order valence-corrected chi connectivity index (χ1v) is 5.39. The standard InChI is InChI=1S/C12H14FNO2/c13-10-6-8-4-2-1-3-7(8)5-9(10)11(14)12(15)16/h5-6,11H,1-4,14H2,(H,15,16). The number of carboxylic acid groups (broad SMARTS) is 1. The van der Waals surface area contributed by atoms with Crippen LogP contribution in [-0.2, 0) is 17.6 Å². The van der Waals surface area contributed by atoms with Gasteiger partial charge in [0.15, 0.2) is 0 Å². The van der Waals surface area contributed by atoms with Gasteiger partial charge in [0.1, 0.15) is 11.9 Å². The van der Waals surface area contributed by atoms with E-state index >= 15 is 0 Å². The molecule has 1 aromatic carbocycles. The molecule has 1 atom stereocenters. The van der Waals surface area contributed by atoms with Gasteiger partial charge in [0.2, 0.25) is 0 Å². The minimum atomic E-state index is -1.27. The summed E-state index contributed by atoms with van der Waals surface area (Å²) in [5, 5.41) is 8.77. The van der Waals surface area contributed by atoms with Crippen molar-refractivity contribution in [2.24, 2.45) is 5.73 Å². The van der Waals surface area contributed by atoms with Crippen LogP contribution in [0.2, 0.25) is 0 Å². The SMILES string of the molecule is NC(C(=O)O)c1cc2c(cc1F)CCCC2. The van der Waals surface area contributed by atoms with Gasteiger partial charge >= 0.3 is 5.97 Å². The summed E-state index contributed by atoms with van der Waals surface area (Å²) < 4.78 is 13.6.